The van der Waals surface area contributed by atoms with E-state index in [-0.39, 0.29) is 5.82 Å². The number of carbonyl (C=O) groups is 2. The van der Waals surface area contributed by atoms with Crippen molar-refractivity contribution in [3.63, 3.8) is 0 Å². The molecule has 170 valence electrons. The van der Waals surface area contributed by atoms with Crippen LogP contribution >= 0.6 is 0 Å². The molecule has 7 heteroatoms. The highest BCUT2D eigenvalue weighted by atomic mass is 19.1. The van der Waals surface area contributed by atoms with Crippen molar-refractivity contribution in [1.29, 1.82) is 0 Å². The Morgan fingerprint density at radius 3 is 2.53 bits per heavy atom. The number of hydrogen-bond donors (Lipinski definition) is 1. The van der Waals surface area contributed by atoms with Gasteiger partial charge in [-0.2, -0.15) is 0 Å². The topological polar surface area (TPSA) is 55.9 Å². The molecule has 1 saturated heterocycles. The van der Waals surface area contributed by atoms with Crippen LogP contribution < -0.4 is 10.2 Å². The molecule has 3 rings (SSSR count). The van der Waals surface area contributed by atoms with Crippen LogP contribution in [0.25, 0.3) is 5.70 Å². The Hall–Kier alpha value is -3.19. The van der Waals surface area contributed by atoms with Crippen molar-refractivity contribution in [1.82, 2.24) is 15.1 Å². The minimum Gasteiger partial charge on any atom is -0.370 e. The van der Waals surface area contributed by atoms with Gasteiger partial charge in [0.2, 0.25) is 6.41 Å². The number of piperazine rings is 1. The SMILES string of the molecule is CC/C=C(\c1cc(CN(C)c2ccccc2C(=O)NC=O)ccc1F)N1CCN(C)CC1. The van der Waals surface area contributed by atoms with Crippen LogP contribution in [-0.2, 0) is 11.3 Å². The van der Waals surface area contributed by atoms with Crippen LogP contribution in [0.1, 0.15) is 34.8 Å². The number of allylic oxidation sites excluding steroid dienone is 1. The second-order valence-corrected chi connectivity index (χ2v) is 8.07. The number of benzene rings is 2. The summed E-state index contributed by atoms with van der Waals surface area (Å²) in [6.07, 6.45) is 3.30. The molecule has 2 aromatic carbocycles. The number of amides is 2. The summed E-state index contributed by atoms with van der Waals surface area (Å²) < 4.78 is 14.9. The molecule has 2 aromatic rings. The summed E-state index contributed by atoms with van der Waals surface area (Å²) in [5.41, 5.74) is 3.59. The maximum atomic E-state index is 14.9. The number of rotatable bonds is 8. The van der Waals surface area contributed by atoms with Gasteiger partial charge < -0.3 is 14.7 Å². The molecule has 0 radical (unpaired) electrons. The molecule has 0 aliphatic carbocycles. The number of para-hydroxylation sites is 1. The number of hydrogen-bond acceptors (Lipinski definition) is 5. The molecule has 0 unspecified atom stereocenters. The van der Waals surface area contributed by atoms with Gasteiger partial charge in [-0.3, -0.25) is 14.9 Å². The third-order valence-corrected chi connectivity index (χ3v) is 5.72. The molecule has 0 saturated carbocycles. The van der Waals surface area contributed by atoms with Gasteiger partial charge in [-0.05, 0) is 43.3 Å². The maximum absolute atomic E-state index is 14.9. The molecule has 1 aliphatic heterocycles. The zero-order chi connectivity index (χ0) is 23.1. The predicted octanol–water partition coefficient (Wildman–Crippen LogP) is 3.35. The molecule has 0 spiro atoms. The van der Waals surface area contributed by atoms with Gasteiger partial charge in [-0.15, -0.1) is 0 Å². The van der Waals surface area contributed by atoms with Crippen LogP contribution in [0.5, 0.6) is 0 Å². The highest BCUT2D eigenvalue weighted by Gasteiger charge is 2.20. The third kappa shape index (κ3) is 5.53. The summed E-state index contributed by atoms with van der Waals surface area (Å²) in [6, 6.07) is 12.3. The molecule has 1 fully saturated rings. The lowest BCUT2D eigenvalue weighted by Crippen LogP contribution is -2.43. The Balaban J connectivity index is 1.87. The molecular formula is C25H31FN4O2. The Morgan fingerprint density at radius 2 is 1.84 bits per heavy atom. The van der Waals surface area contributed by atoms with E-state index in [0.717, 1.165) is 43.9 Å². The fourth-order valence-corrected chi connectivity index (χ4v) is 4.01. The highest BCUT2D eigenvalue weighted by Crippen LogP contribution is 2.27. The Labute approximate surface area is 189 Å². The molecule has 0 atom stereocenters. The van der Waals surface area contributed by atoms with E-state index in [9.17, 15) is 14.0 Å². The van der Waals surface area contributed by atoms with Crippen LogP contribution in [0.2, 0.25) is 0 Å². The zero-order valence-corrected chi connectivity index (χ0v) is 19.0. The second-order valence-electron chi connectivity index (χ2n) is 8.07. The van der Waals surface area contributed by atoms with Gasteiger partial charge in [0.05, 0.1) is 5.56 Å². The lowest BCUT2D eigenvalue weighted by Gasteiger charge is -2.36. The van der Waals surface area contributed by atoms with E-state index >= 15 is 0 Å². The number of imide groups is 1. The average molecular weight is 439 g/mol. The first kappa shape index (κ1) is 23.5. The van der Waals surface area contributed by atoms with E-state index in [1.54, 1.807) is 18.2 Å². The van der Waals surface area contributed by atoms with E-state index in [0.29, 0.717) is 29.8 Å². The lowest BCUT2D eigenvalue weighted by atomic mass is 10.0. The quantitative estimate of drug-likeness (QED) is 0.641. The molecular weight excluding hydrogens is 407 g/mol. The summed E-state index contributed by atoms with van der Waals surface area (Å²) in [4.78, 5) is 29.4. The van der Waals surface area contributed by atoms with E-state index in [1.165, 1.54) is 6.07 Å². The molecule has 1 heterocycles. The molecule has 0 bridgehead atoms. The number of nitrogens with zero attached hydrogens (tertiary/aromatic N) is 3. The lowest BCUT2D eigenvalue weighted by molar-refractivity contribution is -0.108. The average Bonchev–Trinajstić information content (AvgIpc) is 2.80. The fourth-order valence-electron chi connectivity index (χ4n) is 4.01. The van der Waals surface area contributed by atoms with E-state index < -0.39 is 5.91 Å². The van der Waals surface area contributed by atoms with E-state index in [1.807, 2.05) is 30.1 Å². The minimum atomic E-state index is -0.453. The first-order valence-corrected chi connectivity index (χ1v) is 10.9. The van der Waals surface area contributed by atoms with Gasteiger partial charge in [-0.1, -0.05) is 31.2 Å². The third-order valence-electron chi connectivity index (χ3n) is 5.72. The van der Waals surface area contributed by atoms with Crippen molar-refractivity contribution >= 4 is 23.7 Å². The van der Waals surface area contributed by atoms with Crippen molar-refractivity contribution in [2.24, 2.45) is 0 Å². The van der Waals surface area contributed by atoms with Crippen LogP contribution in [0, 0.1) is 5.82 Å². The highest BCUT2D eigenvalue weighted by molar-refractivity contribution is 6.04. The second kappa shape index (κ2) is 10.9. The molecule has 6 nitrogen and oxygen atoms in total. The van der Waals surface area contributed by atoms with Crippen LogP contribution in [0.3, 0.4) is 0 Å². The Bertz CT molecular complexity index is 984. The van der Waals surface area contributed by atoms with Crippen molar-refractivity contribution in [3.05, 3.63) is 71.0 Å². The smallest absolute Gasteiger partial charge is 0.259 e. The summed E-state index contributed by atoms with van der Waals surface area (Å²) in [7, 11) is 3.98. The van der Waals surface area contributed by atoms with Gasteiger partial charge in [0, 0.05) is 56.7 Å². The fraction of sp³-hybridized carbons (Fsp3) is 0.360. The van der Waals surface area contributed by atoms with Crippen molar-refractivity contribution in [2.75, 3.05) is 45.2 Å². The van der Waals surface area contributed by atoms with Gasteiger partial charge in [-0.25, -0.2) is 4.39 Å². The number of likely N-dealkylation sites (N-methyl/N-ethyl adjacent to an activating group) is 1. The first-order valence-electron chi connectivity index (χ1n) is 10.9. The molecule has 1 N–H and O–H groups in total. The maximum Gasteiger partial charge on any atom is 0.259 e. The van der Waals surface area contributed by atoms with Gasteiger partial charge >= 0.3 is 0 Å². The minimum absolute atomic E-state index is 0.235. The van der Waals surface area contributed by atoms with Crippen LogP contribution in [-0.4, -0.2) is 62.4 Å². The van der Waals surface area contributed by atoms with Crippen LogP contribution in [0.15, 0.2) is 48.5 Å². The van der Waals surface area contributed by atoms with E-state index in [4.69, 9.17) is 0 Å². The van der Waals surface area contributed by atoms with Gasteiger partial charge in [0.1, 0.15) is 5.82 Å². The summed E-state index contributed by atoms with van der Waals surface area (Å²) in [6.45, 7) is 6.18. The van der Waals surface area contributed by atoms with Crippen LogP contribution in [0.4, 0.5) is 10.1 Å². The largest absolute Gasteiger partial charge is 0.370 e. The summed E-state index contributed by atoms with van der Waals surface area (Å²) >= 11 is 0. The first-order chi connectivity index (χ1) is 15.4. The number of carbonyl (C=O) groups excluding carboxylic acids is 2. The Morgan fingerprint density at radius 1 is 1.12 bits per heavy atom. The molecule has 1 aliphatic rings. The monoisotopic (exact) mass is 438 g/mol. The van der Waals surface area contributed by atoms with Crippen molar-refractivity contribution in [3.8, 4) is 0 Å². The summed E-state index contributed by atoms with van der Waals surface area (Å²) in [5, 5.41) is 2.19. The number of nitrogens with one attached hydrogen (secondary N) is 1. The molecule has 0 aromatic heterocycles. The van der Waals surface area contributed by atoms with E-state index in [2.05, 4.69) is 35.2 Å². The van der Waals surface area contributed by atoms with Gasteiger partial charge in [0.15, 0.2) is 0 Å². The zero-order valence-electron chi connectivity index (χ0n) is 19.0. The van der Waals surface area contributed by atoms with Gasteiger partial charge in [0.25, 0.3) is 5.91 Å². The molecule has 32 heavy (non-hydrogen) atoms. The number of halogens is 1. The summed E-state index contributed by atoms with van der Waals surface area (Å²) in [5.74, 6) is -0.689. The van der Waals surface area contributed by atoms with Crippen molar-refractivity contribution < 1.29 is 14.0 Å². The predicted molar refractivity (Wildman–Crippen MR) is 126 cm³/mol. The normalized spacial score (nSPS) is 14.9. The Kier molecular flexibility index (Phi) is 8.00. The van der Waals surface area contributed by atoms with Crippen molar-refractivity contribution in [2.45, 2.75) is 19.9 Å². The molecule has 2 amide bonds. The standard InChI is InChI=1S/C25H31FN4O2/c1-4-7-24(30-14-12-28(2)13-15-30)21-16-19(10-11-22(21)26)17-29(3)23-9-6-5-8-20(23)25(32)27-18-31/h5-11,16,18H,4,12-15,17H2,1-3H3,(H,27,31,32)/b24-7+. The number of anilines is 1.